The molecule has 13 heteroatoms. The van der Waals surface area contributed by atoms with Crippen LogP contribution in [0.2, 0.25) is 10.0 Å². The summed E-state index contributed by atoms with van der Waals surface area (Å²) in [4.78, 5) is 21.8. The maximum Gasteiger partial charge on any atom is 0.417 e. The monoisotopic (exact) mass is 534 g/mol. The Kier molecular flexibility index (Phi) is 7.11. The van der Waals surface area contributed by atoms with E-state index in [9.17, 15) is 26.4 Å². The van der Waals surface area contributed by atoms with Gasteiger partial charge in [-0.1, -0.05) is 23.2 Å². The number of nitrogens with zero attached hydrogens (tertiary/aromatic N) is 2. The van der Waals surface area contributed by atoms with Crippen LogP contribution in [0.5, 0.6) is 0 Å². The Labute approximate surface area is 203 Å². The van der Waals surface area contributed by atoms with E-state index in [-0.39, 0.29) is 22.0 Å². The van der Waals surface area contributed by atoms with Gasteiger partial charge < -0.3 is 0 Å². The molecule has 7 nitrogen and oxygen atoms in total. The summed E-state index contributed by atoms with van der Waals surface area (Å²) in [5.41, 5.74) is -0.757. The summed E-state index contributed by atoms with van der Waals surface area (Å²) < 4.78 is 68.9. The Morgan fingerprint density at radius 1 is 1.15 bits per heavy atom. The lowest BCUT2D eigenvalue weighted by Gasteiger charge is -2.14. The summed E-state index contributed by atoms with van der Waals surface area (Å²) in [6.07, 6.45) is -2.13. The Balaban J connectivity index is 2.11. The van der Waals surface area contributed by atoms with E-state index in [4.69, 9.17) is 28.0 Å². The van der Waals surface area contributed by atoms with Crippen molar-refractivity contribution in [2.45, 2.75) is 24.9 Å². The molecular weight excluding hydrogens is 518 g/mol. The predicted octanol–water partition coefficient (Wildman–Crippen LogP) is 4.40. The molecule has 0 amide bonds. The molecule has 0 saturated carbocycles. The van der Waals surface area contributed by atoms with Crippen LogP contribution in [0, 0.1) is 13.8 Å². The highest BCUT2D eigenvalue weighted by atomic mass is 35.5. The van der Waals surface area contributed by atoms with Gasteiger partial charge in [0.05, 0.1) is 31.8 Å². The maximum atomic E-state index is 13.4. The van der Waals surface area contributed by atoms with E-state index in [1.807, 2.05) is 0 Å². The third-order valence-corrected chi connectivity index (χ3v) is 6.74. The first-order valence-electron chi connectivity index (χ1n) is 9.42. The average Bonchev–Trinajstić information content (AvgIpc) is 2.73. The van der Waals surface area contributed by atoms with Gasteiger partial charge in [0.15, 0.2) is 0 Å². The molecule has 0 saturated heterocycles. The van der Waals surface area contributed by atoms with Crippen LogP contribution in [0.25, 0.3) is 0 Å². The lowest BCUT2D eigenvalue weighted by molar-refractivity contribution is -0.889. The Morgan fingerprint density at radius 2 is 1.82 bits per heavy atom. The summed E-state index contributed by atoms with van der Waals surface area (Å²) in [6.45, 7) is 3.29. The number of nitrogens with one attached hydrogen (secondary N) is 1. The SMILES string of the molecule is CO[n+]1ccc(C)c(C(=O)c2ncc(Cl)cc2NS(=O)(=O)c2ccc(Cl)c(C(F)(F)F)c2)c1C. The Bertz CT molecular complexity index is 1400. The lowest BCUT2D eigenvalue weighted by Crippen LogP contribution is -2.44. The van der Waals surface area contributed by atoms with Crippen molar-refractivity contribution < 1.29 is 36.0 Å². The fourth-order valence-corrected chi connectivity index (χ4v) is 4.69. The zero-order chi connectivity index (χ0) is 25.4. The molecule has 0 aliphatic heterocycles. The van der Waals surface area contributed by atoms with Gasteiger partial charge in [0.2, 0.25) is 17.7 Å². The van der Waals surface area contributed by atoms with E-state index in [2.05, 4.69) is 9.71 Å². The number of pyridine rings is 2. The van der Waals surface area contributed by atoms with Crippen molar-refractivity contribution in [1.82, 2.24) is 4.98 Å². The van der Waals surface area contributed by atoms with Gasteiger partial charge >= 0.3 is 6.18 Å². The van der Waals surface area contributed by atoms with Gasteiger partial charge in [-0.05, 0) is 36.8 Å². The molecule has 34 heavy (non-hydrogen) atoms. The van der Waals surface area contributed by atoms with Crippen LogP contribution in [-0.4, -0.2) is 26.3 Å². The van der Waals surface area contributed by atoms with Crippen LogP contribution < -0.4 is 14.3 Å². The van der Waals surface area contributed by atoms with Crippen molar-refractivity contribution in [1.29, 1.82) is 0 Å². The smallest absolute Gasteiger partial charge is 0.286 e. The number of aryl methyl sites for hydroxylation is 1. The molecule has 3 rings (SSSR count). The zero-order valence-corrected chi connectivity index (χ0v) is 20.2. The topological polar surface area (TPSA) is 89.2 Å². The molecule has 3 aromatic rings. The third kappa shape index (κ3) is 5.11. The van der Waals surface area contributed by atoms with Crippen LogP contribution in [-0.2, 0) is 16.2 Å². The molecule has 0 aliphatic rings. The van der Waals surface area contributed by atoms with Crippen molar-refractivity contribution in [2.75, 3.05) is 11.8 Å². The number of hydrogen-bond donors (Lipinski definition) is 1. The number of sulfonamides is 1. The van der Waals surface area contributed by atoms with Gasteiger partial charge in [-0.15, -0.1) is 0 Å². The van der Waals surface area contributed by atoms with E-state index >= 15 is 0 Å². The van der Waals surface area contributed by atoms with Crippen molar-refractivity contribution >= 4 is 44.7 Å². The predicted molar refractivity (Wildman–Crippen MR) is 119 cm³/mol. The van der Waals surface area contributed by atoms with E-state index < -0.39 is 37.5 Å². The van der Waals surface area contributed by atoms with Crippen LogP contribution in [0.3, 0.4) is 0 Å². The number of halogens is 5. The first-order valence-corrected chi connectivity index (χ1v) is 11.7. The van der Waals surface area contributed by atoms with Gasteiger partial charge in [0.25, 0.3) is 10.0 Å². The second-order valence-corrected chi connectivity index (χ2v) is 9.62. The second-order valence-electron chi connectivity index (χ2n) is 7.09. The first-order chi connectivity index (χ1) is 15.8. The summed E-state index contributed by atoms with van der Waals surface area (Å²) in [6, 6.07) is 4.89. The van der Waals surface area contributed by atoms with Gasteiger partial charge in [0.1, 0.15) is 12.8 Å². The molecule has 0 aliphatic carbocycles. The number of benzene rings is 1. The van der Waals surface area contributed by atoms with Crippen LogP contribution >= 0.6 is 23.2 Å². The van der Waals surface area contributed by atoms with E-state index in [0.717, 1.165) is 24.4 Å². The molecule has 2 heterocycles. The van der Waals surface area contributed by atoms with Crippen molar-refractivity contribution in [3.63, 3.8) is 0 Å². The number of carbonyl (C=O) groups is 1. The zero-order valence-electron chi connectivity index (χ0n) is 17.9. The molecule has 2 aromatic heterocycles. The Hall–Kier alpha value is -2.89. The molecule has 1 N–H and O–H groups in total. The highest BCUT2D eigenvalue weighted by Gasteiger charge is 2.35. The molecule has 180 valence electrons. The summed E-state index contributed by atoms with van der Waals surface area (Å²) in [5, 5.41) is -0.664. The first kappa shape index (κ1) is 25.7. The number of rotatable bonds is 6. The molecule has 0 spiro atoms. The van der Waals surface area contributed by atoms with Crippen molar-refractivity contribution in [2.24, 2.45) is 0 Å². The largest absolute Gasteiger partial charge is 0.417 e. The standard InChI is InChI=1S/C21H16Cl2F3N3O4S/c1-11-6-7-29(33-3)12(2)18(11)20(30)19-17(8-13(22)10-27-19)28-34(31,32)14-4-5-16(23)15(9-14)21(24,25)26/h4-10H,1-3H3/p+1. The number of hydrogen-bond acceptors (Lipinski definition) is 5. The van der Waals surface area contributed by atoms with Gasteiger partial charge in [0, 0.05) is 23.9 Å². The van der Waals surface area contributed by atoms with E-state index in [0.29, 0.717) is 17.3 Å². The Morgan fingerprint density at radius 3 is 2.44 bits per heavy atom. The quantitative estimate of drug-likeness (QED) is 0.374. The van der Waals surface area contributed by atoms with Crippen molar-refractivity contribution in [3.05, 3.63) is 80.8 Å². The van der Waals surface area contributed by atoms with Crippen molar-refractivity contribution in [3.8, 4) is 0 Å². The van der Waals surface area contributed by atoms with Crippen LogP contribution in [0.4, 0.5) is 18.9 Å². The summed E-state index contributed by atoms with van der Waals surface area (Å²) in [5.74, 6) is -0.650. The van der Waals surface area contributed by atoms with Crippen LogP contribution in [0.1, 0.15) is 32.9 Å². The highest BCUT2D eigenvalue weighted by molar-refractivity contribution is 7.92. The number of anilines is 1. The van der Waals surface area contributed by atoms with Gasteiger partial charge in [-0.25, -0.2) is 13.4 Å². The van der Waals surface area contributed by atoms with E-state index in [1.165, 1.54) is 11.8 Å². The molecule has 0 radical (unpaired) electrons. The third-order valence-electron chi connectivity index (χ3n) is 4.84. The van der Waals surface area contributed by atoms with Crippen LogP contribution in [0.15, 0.2) is 47.6 Å². The molecule has 0 atom stereocenters. The number of alkyl halides is 3. The maximum absolute atomic E-state index is 13.4. The average molecular weight is 535 g/mol. The highest BCUT2D eigenvalue weighted by Crippen LogP contribution is 2.36. The molecule has 1 aromatic carbocycles. The number of carbonyl (C=O) groups excluding carboxylic acids is 1. The number of ketones is 1. The van der Waals surface area contributed by atoms with Gasteiger partial charge in [-0.3, -0.25) is 14.4 Å². The minimum atomic E-state index is -4.87. The fourth-order valence-electron chi connectivity index (χ4n) is 3.22. The van der Waals surface area contributed by atoms with Gasteiger partial charge in [-0.2, -0.15) is 13.2 Å². The summed E-state index contributed by atoms with van der Waals surface area (Å²) in [7, 11) is -3.19. The minimum absolute atomic E-state index is 0.00482. The molecule has 0 unspecified atom stereocenters. The fraction of sp³-hybridized carbons (Fsp3) is 0.190. The van der Waals surface area contributed by atoms with E-state index in [1.54, 1.807) is 26.1 Å². The molecular formula is C21H17Cl2F3N3O4S+. The normalized spacial score (nSPS) is 11.9. The summed E-state index contributed by atoms with van der Waals surface area (Å²) >= 11 is 11.5. The molecule has 0 fully saturated rings. The molecule has 0 bridgehead atoms. The minimum Gasteiger partial charge on any atom is -0.286 e. The number of aromatic nitrogens is 2. The lowest BCUT2D eigenvalue weighted by atomic mass is 10.0. The second kappa shape index (κ2) is 9.40.